The fraction of sp³-hybridized carbons (Fsp3) is 0.316. The van der Waals surface area contributed by atoms with Crippen LogP contribution in [0.5, 0.6) is 5.75 Å². The van der Waals surface area contributed by atoms with E-state index in [0.29, 0.717) is 12.3 Å². The van der Waals surface area contributed by atoms with E-state index < -0.39 is 11.9 Å². The molecule has 0 saturated carbocycles. The molecule has 1 N–H and O–H groups in total. The molecule has 1 unspecified atom stereocenters. The predicted octanol–water partition coefficient (Wildman–Crippen LogP) is 4.23. The van der Waals surface area contributed by atoms with Crippen molar-refractivity contribution in [3.8, 4) is 5.75 Å². The summed E-state index contributed by atoms with van der Waals surface area (Å²) in [6.45, 7) is 4.29. The lowest BCUT2D eigenvalue weighted by molar-refractivity contribution is -0.138. The molecular formula is C19H22O3. The van der Waals surface area contributed by atoms with Gasteiger partial charge >= 0.3 is 5.97 Å². The Kier molecular flexibility index (Phi) is 5.21. The minimum Gasteiger partial charge on any atom is -0.497 e. The van der Waals surface area contributed by atoms with Crippen molar-refractivity contribution in [1.29, 1.82) is 0 Å². The molecule has 0 amide bonds. The molecule has 3 heteroatoms. The Balaban J connectivity index is 2.19. The van der Waals surface area contributed by atoms with E-state index in [-0.39, 0.29) is 0 Å². The SMILES string of the molecule is COc1ccc(C(Cc2ccc(C(C)C)cc2)C(=O)O)cc1. The summed E-state index contributed by atoms with van der Waals surface area (Å²) in [6.07, 6.45) is 0.486. The number of carboxylic acids is 1. The van der Waals surface area contributed by atoms with Gasteiger partial charge in [0.2, 0.25) is 0 Å². The molecule has 0 spiro atoms. The Morgan fingerprint density at radius 2 is 1.55 bits per heavy atom. The number of benzene rings is 2. The Bertz CT molecular complexity index is 612. The van der Waals surface area contributed by atoms with E-state index in [9.17, 15) is 9.90 Å². The summed E-state index contributed by atoms with van der Waals surface area (Å²) in [5.41, 5.74) is 3.09. The fourth-order valence-electron chi connectivity index (χ4n) is 2.46. The zero-order chi connectivity index (χ0) is 16.1. The first-order valence-electron chi connectivity index (χ1n) is 7.47. The van der Waals surface area contributed by atoms with Crippen molar-refractivity contribution in [2.75, 3.05) is 7.11 Å². The highest BCUT2D eigenvalue weighted by atomic mass is 16.5. The number of hydrogen-bond acceptors (Lipinski definition) is 2. The molecule has 0 radical (unpaired) electrons. The molecule has 116 valence electrons. The predicted molar refractivity (Wildman–Crippen MR) is 87.6 cm³/mol. The molecule has 0 aliphatic heterocycles. The third-order valence-corrected chi connectivity index (χ3v) is 3.90. The van der Waals surface area contributed by atoms with Gasteiger partial charge in [-0.05, 0) is 41.2 Å². The van der Waals surface area contributed by atoms with E-state index in [2.05, 4.69) is 26.0 Å². The number of rotatable bonds is 6. The normalized spacial score (nSPS) is 12.2. The Labute approximate surface area is 131 Å². The third kappa shape index (κ3) is 3.88. The molecule has 0 saturated heterocycles. The lowest BCUT2D eigenvalue weighted by Gasteiger charge is -2.14. The maximum absolute atomic E-state index is 11.6. The number of hydrogen-bond donors (Lipinski definition) is 1. The van der Waals surface area contributed by atoms with Gasteiger partial charge in [-0.2, -0.15) is 0 Å². The van der Waals surface area contributed by atoms with Gasteiger partial charge in [0.15, 0.2) is 0 Å². The summed E-state index contributed by atoms with van der Waals surface area (Å²) < 4.78 is 5.12. The second kappa shape index (κ2) is 7.12. The lowest BCUT2D eigenvalue weighted by atomic mass is 9.91. The first kappa shape index (κ1) is 16.1. The smallest absolute Gasteiger partial charge is 0.311 e. The van der Waals surface area contributed by atoms with E-state index in [1.165, 1.54) is 5.56 Å². The molecule has 3 nitrogen and oxygen atoms in total. The van der Waals surface area contributed by atoms with Gasteiger partial charge in [0.25, 0.3) is 0 Å². The van der Waals surface area contributed by atoms with Crippen LogP contribution in [0.15, 0.2) is 48.5 Å². The first-order valence-corrected chi connectivity index (χ1v) is 7.47. The molecule has 0 aromatic heterocycles. The highest BCUT2D eigenvalue weighted by molar-refractivity contribution is 5.76. The van der Waals surface area contributed by atoms with Crippen LogP contribution in [0.3, 0.4) is 0 Å². The minimum absolute atomic E-state index is 0.478. The molecule has 2 aromatic carbocycles. The van der Waals surface area contributed by atoms with Crippen LogP contribution >= 0.6 is 0 Å². The quantitative estimate of drug-likeness (QED) is 0.868. The minimum atomic E-state index is -0.807. The highest BCUT2D eigenvalue weighted by Crippen LogP contribution is 2.24. The van der Waals surface area contributed by atoms with Crippen molar-refractivity contribution in [3.05, 3.63) is 65.2 Å². The number of ether oxygens (including phenoxy) is 1. The van der Waals surface area contributed by atoms with Crippen LogP contribution in [0.1, 0.15) is 42.4 Å². The molecule has 22 heavy (non-hydrogen) atoms. The van der Waals surface area contributed by atoms with Crippen molar-refractivity contribution in [2.45, 2.75) is 32.1 Å². The van der Waals surface area contributed by atoms with Crippen LogP contribution in [0.25, 0.3) is 0 Å². The van der Waals surface area contributed by atoms with E-state index >= 15 is 0 Å². The van der Waals surface area contributed by atoms with Crippen LogP contribution in [0.2, 0.25) is 0 Å². The van der Waals surface area contributed by atoms with Gasteiger partial charge in [-0.15, -0.1) is 0 Å². The molecule has 1 atom stereocenters. The van der Waals surface area contributed by atoms with Crippen LogP contribution in [0, 0.1) is 0 Å². The van der Waals surface area contributed by atoms with Crippen LogP contribution in [-0.4, -0.2) is 18.2 Å². The van der Waals surface area contributed by atoms with Gasteiger partial charge in [0, 0.05) is 0 Å². The van der Waals surface area contributed by atoms with Gasteiger partial charge in [-0.25, -0.2) is 0 Å². The number of carboxylic acid groups (broad SMARTS) is 1. The molecule has 2 rings (SSSR count). The molecule has 0 aliphatic rings. The van der Waals surface area contributed by atoms with Gasteiger partial charge in [0.05, 0.1) is 13.0 Å². The maximum atomic E-state index is 11.6. The van der Waals surface area contributed by atoms with Crippen LogP contribution in [0.4, 0.5) is 0 Å². The summed E-state index contributed by atoms with van der Waals surface area (Å²) >= 11 is 0. The number of carbonyl (C=O) groups is 1. The van der Waals surface area contributed by atoms with Gasteiger partial charge in [-0.3, -0.25) is 4.79 Å². The monoisotopic (exact) mass is 298 g/mol. The fourth-order valence-corrected chi connectivity index (χ4v) is 2.46. The molecule has 0 fully saturated rings. The summed E-state index contributed by atoms with van der Waals surface area (Å²) in [7, 11) is 1.60. The standard InChI is InChI=1S/C19H22O3/c1-13(2)15-6-4-14(5-7-15)12-18(19(20)21)16-8-10-17(22-3)11-9-16/h4-11,13,18H,12H2,1-3H3,(H,20,21). The van der Waals surface area contributed by atoms with Gasteiger partial charge in [0.1, 0.15) is 5.75 Å². The molecule has 0 bridgehead atoms. The summed E-state index contributed by atoms with van der Waals surface area (Å²) in [5, 5.41) is 9.53. The Morgan fingerprint density at radius 1 is 1.00 bits per heavy atom. The average molecular weight is 298 g/mol. The van der Waals surface area contributed by atoms with Gasteiger partial charge < -0.3 is 9.84 Å². The van der Waals surface area contributed by atoms with Gasteiger partial charge in [-0.1, -0.05) is 50.2 Å². The lowest BCUT2D eigenvalue weighted by Crippen LogP contribution is -2.14. The molecule has 0 heterocycles. The average Bonchev–Trinajstić information content (AvgIpc) is 2.53. The van der Waals surface area contributed by atoms with E-state index in [1.807, 2.05) is 24.3 Å². The van der Waals surface area contributed by atoms with E-state index in [0.717, 1.165) is 16.9 Å². The Morgan fingerprint density at radius 3 is 2.00 bits per heavy atom. The van der Waals surface area contributed by atoms with Crippen LogP contribution < -0.4 is 4.74 Å². The third-order valence-electron chi connectivity index (χ3n) is 3.90. The summed E-state index contributed by atoms with van der Waals surface area (Å²) in [4.78, 5) is 11.6. The Hall–Kier alpha value is -2.29. The van der Waals surface area contributed by atoms with Crippen LogP contribution in [-0.2, 0) is 11.2 Å². The highest BCUT2D eigenvalue weighted by Gasteiger charge is 2.20. The molecular weight excluding hydrogens is 276 g/mol. The summed E-state index contributed by atoms with van der Waals surface area (Å²) in [5.74, 6) is -0.144. The van der Waals surface area contributed by atoms with Crippen molar-refractivity contribution in [2.24, 2.45) is 0 Å². The first-order chi connectivity index (χ1) is 10.5. The van der Waals surface area contributed by atoms with Crippen molar-refractivity contribution >= 4 is 5.97 Å². The zero-order valence-corrected chi connectivity index (χ0v) is 13.2. The second-order valence-corrected chi connectivity index (χ2v) is 5.76. The number of aliphatic carboxylic acids is 1. The zero-order valence-electron chi connectivity index (χ0n) is 13.2. The van der Waals surface area contributed by atoms with E-state index in [4.69, 9.17) is 4.74 Å². The van der Waals surface area contributed by atoms with Crippen molar-refractivity contribution in [3.63, 3.8) is 0 Å². The topological polar surface area (TPSA) is 46.5 Å². The molecule has 0 aliphatic carbocycles. The maximum Gasteiger partial charge on any atom is 0.311 e. The van der Waals surface area contributed by atoms with E-state index in [1.54, 1.807) is 19.2 Å². The number of methoxy groups -OCH3 is 1. The molecule has 2 aromatic rings. The second-order valence-electron chi connectivity index (χ2n) is 5.76. The van der Waals surface area contributed by atoms with Crippen molar-refractivity contribution < 1.29 is 14.6 Å². The largest absolute Gasteiger partial charge is 0.497 e. The van der Waals surface area contributed by atoms with Crippen molar-refractivity contribution in [1.82, 2.24) is 0 Å². The summed E-state index contributed by atoms with van der Waals surface area (Å²) in [6, 6.07) is 15.4.